The maximum Gasteiger partial charge on any atom is 0.283 e. The number of rotatable bonds is 8. The summed E-state index contributed by atoms with van der Waals surface area (Å²) in [5.41, 5.74) is 0. The minimum Gasteiger partial charge on any atom is -0.375 e. The Morgan fingerprint density at radius 1 is 1.50 bits per heavy atom. The Balaban J connectivity index is 3.43. The van der Waals surface area contributed by atoms with Crippen LogP contribution in [0.25, 0.3) is 0 Å². The third-order valence-corrected chi connectivity index (χ3v) is 2.86. The highest BCUT2D eigenvalue weighted by atomic mass is 32.2. The molecule has 0 aromatic carbocycles. The van der Waals surface area contributed by atoms with Gasteiger partial charge in [-0.15, -0.1) is 0 Å². The van der Waals surface area contributed by atoms with Crippen LogP contribution in [0.4, 0.5) is 8.78 Å². The fraction of sp³-hybridized carbons (Fsp3) is 1.00. The van der Waals surface area contributed by atoms with Crippen molar-refractivity contribution < 1.29 is 13.5 Å². The number of hydrogen-bond donors (Lipinski definition) is 1. The Morgan fingerprint density at radius 2 is 2.14 bits per heavy atom. The molecule has 0 amide bonds. The van der Waals surface area contributed by atoms with Crippen LogP contribution >= 0.6 is 11.8 Å². The zero-order valence-electron chi connectivity index (χ0n) is 8.98. The second-order valence-corrected chi connectivity index (χ2v) is 4.55. The first-order valence-electron chi connectivity index (χ1n) is 4.65. The molecule has 0 aliphatic rings. The lowest BCUT2D eigenvalue weighted by molar-refractivity contribution is -0.0738. The molecule has 0 fully saturated rings. The van der Waals surface area contributed by atoms with E-state index in [-0.39, 0.29) is 6.54 Å². The van der Waals surface area contributed by atoms with Crippen molar-refractivity contribution in [1.82, 2.24) is 5.32 Å². The first-order valence-corrected chi connectivity index (χ1v) is 5.93. The second kappa shape index (κ2) is 7.43. The molecule has 0 aromatic heterocycles. The maximum absolute atomic E-state index is 12.8. The van der Waals surface area contributed by atoms with E-state index < -0.39 is 12.5 Å². The molecule has 1 N–H and O–H groups in total. The molecule has 0 rings (SSSR count). The monoisotopic (exact) mass is 227 g/mol. The molecule has 14 heavy (non-hydrogen) atoms. The average Bonchev–Trinajstić information content (AvgIpc) is 2.12. The van der Waals surface area contributed by atoms with Crippen molar-refractivity contribution in [2.75, 3.05) is 33.1 Å². The van der Waals surface area contributed by atoms with E-state index in [9.17, 15) is 8.78 Å². The summed E-state index contributed by atoms with van der Waals surface area (Å²) in [7, 11) is 1.50. The van der Waals surface area contributed by atoms with Gasteiger partial charge in [-0.2, -0.15) is 11.8 Å². The van der Waals surface area contributed by atoms with Gasteiger partial charge >= 0.3 is 0 Å². The second-order valence-electron chi connectivity index (χ2n) is 3.27. The molecule has 0 heterocycles. The average molecular weight is 227 g/mol. The zero-order valence-corrected chi connectivity index (χ0v) is 9.79. The van der Waals surface area contributed by atoms with E-state index in [1.807, 2.05) is 6.26 Å². The van der Waals surface area contributed by atoms with Gasteiger partial charge in [0, 0.05) is 11.9 Å². The predicted molar refractivity (Wildman–Crippen MR) is 57.3 cm³/mol. The fourth-order valence-electron chi connectivity index (χ4n) is 0.898. The standard InChI is InChI=1S/C9H19F2NOS/c1-8(14-3)4-5-13-7-9(10,11)6-12-2/h8,12H,4-7H2,1-3H3. The number of halogens is 2. The SMILES string of the molecule is CNCC(F)(F)COCCC(C)SC. The minimum atomic E-state index is -2.75. The van der Waals surface area contributed by atoms with E-state index in [0.717, 1.165) is 6.42 Å². The van der Waals surface area contributed by atoms with E-state index >= 15 is 0 Å². The van der Waals surface area contributed by atoms with Crippen molar-refractivity contribution in [3.8, 4) is 0 Å². The van der Waals surface area contributed by atoms with Crippen molar-refractivity contribution in [2.24, 2.45) is 0 Å². The van der Waals surface area contributed by atoms with E-state index in [1.54, 1.807) is 11.8 Å². The highest BCUT2D eigenvalue weighted by Gasteiger charge is 2.27. The lowest BCUT2D eigenvalue weighted by atomic mass is 10.3. The molecule has 0 saturated carbocycles. The smallest absolute Gasteiger partial charge is 0.283 e. The molecular weight excluding hydrogens is 208 g/mol. The van der Waals surface area contributed by atoms with Gasteiger partial charge in [0.15, 0.2) is 0 Å². The molecule has 86 valence electrons. The fourth-order valence-corrected chi connectivity index (χ4v) is 1.23. The van der Waals surface area contributed by atoms with Gasteiger partial charge < -0.3 is 10.1 Å². The molecule has 1 atom stereocenters. The summed E-state index contributed by atoms with van der Waals surface area (Å²) >= 11 is 1.71. The van der Waals surface area contributed by atoms with Crippen LogP contribution in [0, 0.1) is 0 Å². The quantitative estimate of drug-likeness (QED) is 0.641. The molecule has 0 aliphatic heterocycles. The van der Waals surface area contributed by atoms with Gasteiger partial charge in [0.1, 0.15) is 6.61 Å². The van der Waals surface area contributed by atoms with Gasteiger partial charge in [-0.3, -0.25) is 0 Å². The van der Waals surface area contributed by atoms with Gasteiger partial charge in [-0.1, -0.05) is 6.92 Å². The number of nitrogens with one attached hydrogen (secondary N) is 1. The number of hydrogen-bond acceptors (Lipinski definition) is 3. The lowest BCUT2D eigenvalue weighted by Crippen LogP contribution is -2.35. The normalized spacial score (nSPS) is 14.4. The first-order chi connectivity index (χ1) is 6.52. The largest absolute Gasteiger partial charge is 0.375 e. The minimum absolute atomic E-state index is 0.328. The van der Waals surface area contributed by atoms with Crippen LogP contribution in [0.2, 0.25) is 0 Å². The molecule has 0 spiro atoms. The van der Waals surface area contributed by atoms with E-state index in [1.165, 1.54) is 7.05 Å². The third-order valence-electron chi connectivity index (χ3n) is 1.82. The summed E-state index contributed by atoms with van der Waals surface area (Å²) in [5, 5.41) is 2.90. The Morgan fingerprint density at radius 3 is 2.64 bits per heavy atom. The molecule has 5 heteroatoms. The highest BCUT2D eigenvalue weighted by molar-refractivity contribution is 7.99. The Kier molecular flexibility index (Phi) is 7.49. The van der Waals surface area contributed by atoms with Crippen LogP contribution < -0.4 is 5.32 Å². The van der Waals surface area contributed by atoms with E-state index in [4.69, 9.17) is 4.74 Å². The molecule has 0 bridgehead atoms. The summed E-state index contributed by atoms with van der Waals surface area (Å²) in [6, 6.07) is 0. The summed E-state index contributed by atoms with van der Waals surface area (Å²) in [5.74, 6) is -2.75. The molecular formula is C9H19F2NOS. The third kappa shape index (κ3) is 7.53. The predicted octanol–water partition coefficient (Wildman–Crippen LogP) is 2.00. The van der Waals surface area contributed by atoms with E-state index in [2.05, 4.69) is 12.2 Å². The van der Waals surface area contributed by atoms with Gasteiger partial charge in [-0.25, -0.2) is 8.78 Å². The summed E-state index contributed by atoms with van der Waals surface area (Å²) < 4.78 is 30.6. The van der Waals surface area contributed by atoms with Crippen LogP contribution in [-0.4, -0.2) is 44.2 Å². The number of alkyl halides is 2. The summed E-state index contributed by atoms with van der Waals surface area (Å²) in [4.78, 5) is 0. The molecule has 0 saturated heterocycles. The maximum atomic E-state index is 12.8. The highest BCUT2D eigenvalue weighted by Crippen LogP contribution is 2.14. The number of thioether (sulfide) groups is 1. The van der Waals surface area contributed by atoms with Crippen molar-refractivity contribution in [2.45, 2.75) is 24.5 Å². The first kappa shape index (κ1) is 14.1. The van der Waals surface area contributed by atoms with Gasteiger partial charge in [0.05, 0.1) is 6.54 Å². The number of ether oxygens (including phenoxy) is 1. The molecule has 0 aromatic rings. The Bertz CT molecular complexity index is 147. The van der Waals surface area contributed by atoms with Crippen LogP contribution in [0.5, 0.6) is 0 Å². The van der Waals surface area contributed by atoms with Crippen molar-refractivity contribution in [1.29, 1.82) is 0 Å². The topological polar surface area (TPSA) is 21.3 Å². The van der Waals surface area contributed by atoms with Crippen molar-refractivity contribution in [3.63, 3.8) is 0 Å². The molecule has 0 radical (unpaired) electrons. The zero-order chi connectivity index (χ0) is 11.0. The van der Waals surface area contributed by atoms with Gasteiger partial charge in [-0.05, 0) is 19.7 Å². The summed E-state index contributed by atoms with van der Waals surface area (Å²) in [6.07, 6.45) is 2.82. The van der Waals surface area contributed by atoms with Crippen LogP contribution in [-0.2, 0) is 4.74 Å². The van der Waals surface area contributed by atoms with Crippen molar-refractivity contribution >= 4 is 11.8 Å². The molecule has 0 aliphatic carbocycles. The van der Waals surface area contributed by atoms with Gasteiger partial charge in [0.2, 0.25) is 0 Å². The molecule has 1 unspecified atom stereocenters. The summed E-state index contributed by atoms with van der Waals surface area (Å²) in [6.45, 7) is 1.64. The van der Waals surface area contributed by atoms with Crippen LogP contribution in [0.1, 0.15) is 13.3 Å². The Hall–Kier alpha value is 0.130. The van der Waals surface area contributed by atoms with E-state index in [0.29, 0.717) is 11.9 Å². The van der Waals surface area contributed by atoms with Crippen LogP contribution in [0.15, 0.2) is 0 Å². The van der Waals surface area contributed by atoms with Gasteiger partial charge in [0.25, 0.3) is 5.92 Å². The molecule has 2 nitrogen and oxygen atoms in total. The lowest BCUT2D eigenvalue weighted by Gasteiger charge is -2.16. The van der Waals surface area contributed by atoms with Crippen LogP contribution in [0.3, 0.4) is 0 Å². The van der Waals surface area contributed by atoms with Crippen molar-refractivity contribution in [3.05, 3.63) is 0 Å². The Labute approximate surface area is 88.8 Å².